The molecule has 0 aromatic rings. The van der Waals surface area contributed by atoms with Gasteiger partial charge in [0, 0.05) is 37.0 Å². The molecule has 256 valence electrons. The van der Waals surface area contributed by atoms with E-state index in [-0.39, 0.29) is 57.6 Å². The molecular weight excluding hydrogens is 572 g/mol. The van der Waals surface area contributed by atoms with Crippen molar-refractivity contribution in [3.63, 3.8) is 0 Å². The van der Waals surface area contributed by atoms with Crippen LogP contribution < -0.4 is 0 Å². The maximum Gasteiger partial charge on any atom is 0.330 e. The quantitative estimate of drug-likeness (QED) is 0.241. The summed E-state index contributed by atoms with van der Waals surface area (Å²) in [6, 6.07) is 0. The molecule has 5 aliphatic carbocycles. The van der Waals surface area contributed by atoms with Gasteiger partial charge in [-0.2, -0.15) is 0 Å². The fourth-order valence-corrected chi connectivity index (χ4v) is 13.0. The monoisotopic (exact) mass is 632 g/mol. The number of esters is 1. The molecule has 6 aliphatic rings. The Morgan fingerprint density at radius 1 is 1.04 bits per heavy atom. The van der Waals surface area contributed by atoms with Crippen LogP contribution in [0.2, 0.25) is 0 Å². The molecule has 8 nitrogen and oxygen atoms in total. The van der Waals surface area contributed by atoms with E-state index in [0.29, 0.717) is 18.3 Å². The van der Waals surface area contributed by atoms with Crippen molar-refractivity contribution in [2.45, 2.75) is 143 Å². The summed E-state index contributed by atoms with van der Waals surface area (Å²) in [5, 5.41) is 33.6. The summed E-state index contributed by atoms with van der Waals surface area (Å²) < 4.78 is 23.9. The zero-order valence-corrected chi connectivity index (χ0v) is 29.2. The van der Waals surface area contributed by atoms with E-state index in [9.17, 15) is 20.1 Å². The van der Waals surface area contributed by atoms with Gasteiger partial charge in [0.25, 0.3) is 0 Å². The molecule has 0 aromatic heterocycles. The Bertz CT molecular complexity index is 1190. The number of fused-ring (bicyclic) bond motifs is 3. The lowest BCUT2D eigenvalue weighted by molar-refractivity contribution is -0.245. The summed E-state index contributed by atoms with van der Waals surface area (Å²) >= 11 is 0. The first-order chi connectivity index (χ1) is 21.0. The van der Waals surface area contributed by atoms with Crippen LogP contribution in [0.15, 0.2) is 11.6 Å². The van der Waals surface area contributed by atoms with Crippen LogP contribution >= 0.6 is 0 Å². The van der Waals surface area contributed by atoms with E-state index >= 15 is 0 Å². The molecule has 14 atom stereocenters. The zero-order chi connectivity index (χ0) is 33.0. The molecule has 6 rings (SSSR count). The Labute approximate surface area is 270 Å². The SMILES string of the molecule is CO[C@H]1O[C@@H](C(O)C(C)(CO)OC)C[C@H]1[C@@H]1CC[C@]23C[C@]12CC[C@@H]1[C@@]2(C)CC[C@@H](OC(=O)C=C(C)C)C(C)(C)[C@@H]2C[C@@H](O)[C@]13C. The lowest BCUT2D eigenvalue weighted by Gasteiger charge is -2.68. The molecule has 0 amide bonds. The second-order valence-corrected chi connectivity index (χ2v) is 17.5. The first-order valence-corrected chi connectivity index (χ1v) is 17.6. The van der Waals surface area contributed by atoms with Crippen LogP contribution in [-0.4, -0.2) is 78.4 Å². The van der Waals surface area contributed by atoms with E-state index in [1.54, 1.807) is 20.1 Å². The summed E-state index contributed by atoms with van der Waals surface area (Å²) in [5.74, 6) is 0.965. The Balaban J connectivity index is 1.25. The van der Waals surface area contributed by atoms with Gasteiger partial charge in [-0.05, 0) is 113 Å². The fourth-order valence-electron chi connectivity index (χ4n) is 13.0. The van der Waals surface area contributed by atoms with Gasteiger partial charge < -0.3 is 34.3 Å². The third-order valence-electron chi connectivity index (χ3n) is 15.4. The van der Waals surface area contributed by atoms with Crippen LogP contribution in [0.5, 0.6) is 0 Å². The van der Waals surface area contributed by atoms with Crippen LogP contribution in [0.25, 0.3) is 0 Å². The number of methoxy groups -OCH3 is 2. The summed E-state index contributed by atoms with van der Waals surface area (Å²) in [6.45, 7) is 14.7. The molecule has 3 N–H and O–H groups in total. The minimum Gasteiger partial charge on any atom is -0.459 e. The largest absolute Gasteiger partial charge is 0.459 e. The predicted molar refractivity (Wildman–Crippen MR) is 170 cm³/mol. The minimum absolute atomic E-state index is 0.0636. The van der Waals surface area contributed by atoms with Crippen molar-refractivity contribution in [3.05, 3.63) is 11.6 Å². The highest BCUT2D eigenvalue weighted by molar-refractivity contribution is 5.82. The number of aliphatic hydroxyl groups is 3. The van der Waals surface area contributed by atoms with Gasteiger partial charge in [0.1, 0.15) is 17.8 Å². The average Bonchev–Trinajstić information content (AvgIpc) is 3.31. The van der Waals surface area contributed by atoms with E-state index in [1.165, 1.54) is 7.11 Å². The molecule has 8 heteroatoms. The number of hydrogen-bond donors (Lipinski definition) is 3. The molecular formula is C37H60O8. The van der Waals surface area contributed by atoms with Crippen LogP contribution in [0.1, 0.15) is 106 Å². The summed E-state index contributed by atoms with van der Waals surface area (Å²) in [5.41, 5.74) is -0.260. The first kappa shape index (κ1) is 33.9. The van der Waals surface area contributed by atoms with Gasteiger partial charge in [0.15, 0.2) is 6.29 Å². The van der Waals surface area contributed by atoms with E-state index in [2.05, 4.69) is 27.7 Å². The van der Waals surface area contributed by atoms with E-state index < -0.39 is 30.2 Å². The van der Waals surface area contributed by atoms with Crippen molar-refractivity contribution >= 4 is 5.97 Å². The van der Waals surface area contributed by atoms with E-state index in [1.807, 2.05) is 13.8 Å². The first-order valence-electron chi connectivity index (χ1n) is 17.6. The summed E-state index contributed by atoms with van der Waals surface area (Å²) in [4.78, 5) is 12.7. The van der Waals surface area contributed by atoms with E-state index in [0.717, 1.165) is 56.9 Å². The smallest absolute Gasteiger partial charge is 0.330 e. The van der Waals surface area contributed by atoms with Gasteiger partial charge >= 0.3 is 5.97 Å². The van der Waals surface area contributed by atoms with Gasteiger partial charge in [0.2, 0.25) is 0 Å². The maximum absolute atomic E-state index is 12.7. The van der Waals surface area contributed by atoms with Gasteiger partial charge in [0.05, 0.1) is 18.8 Å². The normalized spacial score (nSPS) is 49.9. The van der Waals surface area contributed by atoms with Crippen molar-refractivity contribution in [1.82, 2.24) is 0 Å². The molecule has 0 spiro atoms. The predicted octanol–water partition coefficient (Wildman–Crippen LogP) is 5.41. The number of carbonyl (C=O) groups is 1. The number of ether oxygens (including phenoxy) is 4. The van der Waals surface area contributed by atoms with Gasteiger partial charge in [-0.3, -0.25) is 0 Å². The standard InChI is InChI=1S/C37H60O8/c1-21(2)16-29(40)45-28-12-13-33(5)25-11-14-36-19-37(36,35(25,7)27(39)18-26(33)32(28,3)4)15-10-23(36)22-17-24(44-31(22)42-8)30(41)34(6,20-38)43-9/h16,22-28,30-31,38-39,41H,10-15,17-20H2,1-9H3/t22-,23-,24+,25+,26-,27+,28+,30?,31-,33+,34?,35-,36+,37+/m0/s1. The van der Waals surface area contributed by atoms with Gasteiger partial charge in [-0.25, -0.2) is 4.79 Å². The van der Waals surface area contributed by atoms with Gasteiger partial charge in [-0.1, -0.05) is 33.3 Å². The topological polar surface area (TPSA) is 115 Å². The average molecular weight is 633 g/mol. The minimum atomic E-state index is -1.10. The van der Waals surface area contributed by atoms with Gasteiger partial charge in [-0.15, -0.1) is 0 Å². The molecule has 1 heterocycles. The molecule has 1 aliphatic heterocycles. The van der Waals surface area contributed by atoms with Crippen molar-refractivity contribution in [2.24, 2.45) is 50.7 Å². The number of rotatable bonds is 8. The molecule has 1 saturated heterocycles. The van der Waals surface area contributed by atoms with Crippen molar-refractivity contribution in [3.8, 4) is 0 Å². The molecule has 0 bridgehead atoms. The number of hydrogen-bond acceptors (Lipinski definition) is 8. The third-order valence-corrected chi connectivity index (χ3v) is 15.4. The highest BCUT2D eigenvalue weighted by Crippen LogP contribution is 2.91. The van der Waals surface area contributed by atoms with Crippen molar-refractivity contribution < 1.29 is 39.1 Å². The second kappa shape index (κ2) is 11.0. The van der Waals surface area contributed by atoms with Crippen molar-refractivity contribution in [1.29, 1.82) is 0 Å². The highest BCUT2D eigenvalue weighted by Gasteiger charge is 2.86. The molecule has 5 saturated carbocycles. The van der Waals surface area contributed by atoms with Crippen LogP contribution in [0.3, 0.4) is 0 Å². The lowest BCUT2D eigenvalue weighted by Crippen LogP contribution is -2.66. The Morgan fingerprint density at radius 2 is 1.76 bits per heavy atom. The van der Waals surface area contributed by atoms with Crippen molar-refractivity contribution in [2.75, 3.05) is 20.8 Å². The molecule has 0 aromatic carbocycles. The number of carbonyl (C=O) groups excluding carboxylic acids is 1. The summed E-state index contributed by atoms with van der Waals surface area (Å²) in [6.07, 6.45) is 8.05. The molecule has 6 fully saturated rings. The van der Waals surface area contributed by atoms with Crippen LogP contribution in [-0.2, 0) is 23.7 Å². The number of allylic oxidation sites excluding steroid dienone is 1. The highest BCUT2D eigenvalue weighted by atomic mass is 16.7. The fraction of sp³-hybridized carbons (Fsp3) is 0.919. The second-order valence-electron chi connectivity index (χ2n) is 17.5. The molecule has 2 unspecified atom stereocenters. The Kier molecular flexibility index (Phi) is 8.27. The maximum atomic E-state index is 12.7. The van der Waals surface area contributed by atoms with E-state index in [4.69, 9.17) is 18.9 Å². The van der Waals surface area contributed by atoms with Crippen LogP contribution in [0.4, 0.5) is 0 Å². The third kappa shape index (κ3) is 4.47. The lowest BCUT2D eigenvalue weighted by atomic mass is 9.37. The Morgan fingerprint density at radius 3 is 2.38 bits per heavy atom. The zero-order valence-electron chi connectivity index (χ0n) is 29.2. The van der Waals surface area contributed by atoms with Crippen LogP contribution in [0, 0.1) is 50.7 Å². The number of aliphatic hydroxyl groups excluding tert-OH is 3. The molecule has 45 heavy (non-hydrogen) atoms. The molecule has 0 radical (unpaired) electrons. The Hall–Kier alpha value is -1.03. The summed E-state index contributed by atoms with van der Waals surface area (Å²) in [7, 11) is 3.21.